The van der Waals surface area contributed by atoms with Crippen molar-refractivity contribution in [1.29, 1.82) is 0 Å². The maximum Gasteiger partial charge on any atom is 0.352 e. The number of nitrogens with two attached hydrogens (primary N) is 1. The summed E-state index contributed by atoms with van der Waals surface area (Å²) < 4.78 is 0. The first-order chi connectivity index (χ1) is 27.2. The van der Waals surface area contributed by atoms with Crippen molar-refractivity contribution in [3.8, 4) is 0 Å². The zero-order chi connectivity index (χ0) is 38.8. The Kier molecular flexibility index (Phi) is 9.88. The van der Waals surface area contributed by atoms with Crippen LogP contribution in [0.25, 0.3) is 0 Å². The molecule has 5 heterocycles. The highest BCUT2D eigenvalue weighted by molar-refractivity contribution is 8.00. The van der Waals surface area contributed by atoms with Crippen LogP contribution in [0.3, 0.4) is 0 Å². The normalized spacial score (nSPS) is 19.2. The molecule has 2 fully saturated rings. The van der Waals surface area contributed by atoms with Gasteiger partial charge in [-0.05, 0) is 18.1 Å². The average molecular weight is 789 g/mol. The van der Waals surface area contributed by atoms with E-state index in [9.17, 15) is 24.3 Å². The van der Waals surface area contributed by atoms with Crippen LogP contribution in [0.15, 0.2) is 124 Å². The van der Waals surface area contributed by atoms with E-state index in [1.807, 2.05) is 91.0 Å². The van der Waals surface area contributed by atoms with Crippen molar-refractivity contribution < 1.29 is 29.1 Å². The number of hydrogen-bond acceptors (Lipinski definition) is 13. The first-order valence-electron chi connectivity index (χ1n) is 17.3. The summed E-state index contributed by atoms with van der Waals surface area (Å²) in [6.45, 7) is 0.540. The number of likely N-dealkylation sites (tertiary alicyclic amines) is 1. The first kappa shape index (κ1) is 36.3. The highest BCUT2D eigenvalue weighted by atomic mass is 32.2. The smallest absolute Gasteiger partial charge is 0.352 e. The van der Waals surface area contributed by atoms with Crippen LogP contribution in [-0.2, 0) is 36.2 Å². The van der Waals surface area contributed by atoms with E-state index in [0.717, 1.165) is 32.9 Å². The molecule has 3 aliphatic heterocycles. The van der Waals surface area contributed by atoms with E-state index in [4.69, 9.17) is 10.6 Å². The molecule has 0 spiro atoms. The van der Waals surface area contributed by atoms with Crippen molar-refractivity contribution in [2.45, 2.75) is 30.0 Å². The lowest BCUT2D eigenvalue weighted by atomic mass is 9.80. The number of carboxylic acid groups (broad SMARTS) is 1. The predicted octanol–water partition coefficient (Wildman–Crippen LogP) is 3.05. The topological polar surface area (TPSA) is 222 Å². The van der Waals surface area contributed by atoms with Crippen molar-refractivity contribution in [3.05, 3.63) is 148 Å². The summed E-state index contributed by atoms with van der Waals surface area (Å²) in [4.78, 5) is 67.3. The summed E-state index contributed by atoms with van der Waals surface area (Å²) in [6, 6.07) is 27.3. The Morgan fingerprint density at radius 1 is 1.02 bits per heavy atom. The standard InChI is InChI=1S/C38H32N10O6S2/c39-37-40-27(21-56-37)29(44-54-38(24-10-4-1-5-11-24,25-12-6-2-7-13-25)26-14-8-3-9-15-26)32(49)41-30-34(51)48-31(36(52)53)23(20-55-35(30)48)18-22-16-17-47(33(22)50)19-28-42-45-46-43-28/h1-15,18,21,30,35H,16-17,19-20H2,(H2,39,40)(H,41,49)(H,52,53)(H,42,43,45,46)/b22-18+,44-29-/t30-,35-/m1/s1. The minimum absolute atomic E-state index is 0.127. The third kappa shape index (κ3) is 6.68. The number of nitrogens with zero attached hydrogens (tertiary/aromatic N) is 7. The summed E-state index contributed by atoms with van der Waals surface area (Å²) in [5.74, 6) is -2.51. The number of nitrogens with one attached hydrogen (secondary N) is 2. The fourth-order valence-electron chi connectivity index (χ4n) is 6.94. The SMILES string of the molecule is Nc1nc(/C(=N/OC(c2ccccc2)(c2ccccc2)c2ccccc2)C(=O)N[C@@H]2C(=O)N3C(C(=O)O)=C(/C=C4\CCN(Cc5nn[nH]n5)C4=O)CS[C@H]23)cs1. The number of anilines is 1. The molecule has 282 valence electrons. The van der Waals surface area contributed by atoms with Crippen LogP contribution in [0, 0.1) is 0 Å². The second kappa shape index (κ2) is 15.2. The molecule has 0 radical (unpaired) electrons. The van der Waals surface area contributed by atoms with Crippen LogP contribution in [0.1, 0.15) is 34.6 Å². The Hall–Kier alpha value is -6.66. The maximum atomic E-state index is 14.2. The van der Waals surface area contributed by atoms with Crippen molar-refractivity contribution in [3.63, 3.8) is 0 Å². The van der Waals surface area contributed by atoms with Crippen molar-refractivity contribution in [2.24, 2.45) is 5.16 Å². The third-order valence-electron chi connectivity index (χ3n) is 9.56. The highest BCUT2D eigenvalue weighted by Gasteiger charge is 2.54. The number of aromatic amines is 1. The Morgan fingerprint density at radius 2 is 1.66 bits per heavy atom. The van der Waals surface area contributed by atoms with E-state index >= 15 is 0 Å². The lowest BCUT2D eigenvalue weighted by molar-refractivity contribution is -0.150. The van der Waals surface area contributed by atoms with E-state index in [1.165, 1.54) is 17.8 Å². The molecular formula is C38H32N10O6S2. The zero-order valence-electron chi connectivity index (χ0n) is 29.3. The molecule has 5 aromatic rings. The number of thiazole rings is 1. The molecule has 5 N–H and O–H groups in total. The number of benzene rings is 3. The summed E-state index contributed by atoms with van der Waals surface area (Å²) in [5, 5.41) is 32.2. The molecule has 2 aromatic heterocycles. The molecule has 2 saturated heterocycles. The Labute approximate surface area is 327 Å². The van der Waals surface area contributed by atoms with E-state index in [0.29, 0.717) is 29.9 Å². The number of fused-ring (bicyclic) bond motifs is 1. The van der Waals surface area contributed by atoms with E-state index < -0.39 is 34.8 Å². The maximum absolute atomic E-state index is 14.2. The number of carbonyl (C=O) groups is 4. The van der Waals surface area contributed by atoms with Gasteiger partial charge in [0.2, 0.25) is 11.5 Å². The highest BCUT2D eigenvalue weighted by Crippen LogP contribution is 2.43. The largest absolute Gasteiger partial charge is 0.477 e. The molecule has 18 heteroatoms. The number of amides is 3. The summed E-state index contributed by atoms with van der Waals surface area (Å²) >= 11 is 2.37. The number of aromatic nitrogens is 5. The summed E-state index contributed by atoms with van der Waals surface area (Å²) in [5.41, 5.74) is 7.25. The Balaban J connectivity index is 1.09. The van der Waals surface area contributed by atoms with E-state index in [1.54, 1.807) is 10.3 Å². The van der Waals surface area contributed by atoms with Gasteiger partial charge in [0.15, 0.2) is 16.7 Å². The number of oxime groups is 1. The summed E-state index contributed by atoms with van der Waals surface area (Å²) in [7, 11) is 0. The van der Waals surface area contributed by atoms with Gasteiger partial charge in [0.1, 0.15) is 22.8 Å². The predicted molar refractivity (Wildman–Crippen MR) is 205 cm³/mol. The second-order valence-corrected chi connectivity index (χ2v) is 14.9. The van der Waals surface area contributed by atoms with Gasteiger partial charge in [-0.1, -0.05) is 101 Å². The molecular weight excluding hydrogens is 757 g/mol. The lowest BCUT2D eigenvalue weighted by Gasteiger charge is -2.49. The summed E-state index contributed by atoms with van der Waals surface area (Å²) in [6.07, 6.45) is 1.91. The third-order valence-corrected chi connectivity index (χ3v) is 11.5. The second-order valence-electron chi connectivity index (χ2n) is 12.9. The van der Waals surface area contributed by atoms with Crippen molar-refractivity contribution in [2.75, 3.05) is 18.0 Å². The van der Waals surface area contributed by atoms with Crippen LogP contribution < -0.4 is 11.1 Å². The molecule has 16 nitrogen and oxygen atoms in total. The number of thioether (sulfide) groups is 1. The van der Waals surface area contributed by atoms with Gasteiger partial charge in [-0.2, -0.15) is 5.21 Å². The number of aliphatic carboxylic acids is 1. The molecule has 3 amide bonds. The number of carboxylic acids is 1. The minimum Gasteiger partial charge on any atom is -0.477 e. The Morgan fingerprint density at radius 3 is 2.21 bits per heavy atom. The van der Waals surface area contributed by atoms with Gasteiger partial charge >= 0.3 is 5.97 Å². The average Bonchev–Trinajstić information content (AvgIpc) is 3.99. The Bertz CT molecular complexity index is 2290. The van der Waals surface area contributed by atoms with Crippen molar-refractivity contribution >= 4 is 57.6 Å². The zero-order valence-corrected chi connectivity index (χ0v) is 30.9. The molecule has 0 unspecified atom stereocenters. The number of tetrazole rings is 1. The number of carbonyl (C=O) groups excluding carboxylic acids is 3. The number of H-pyrrole nitrogens is 1. The van der Waals surface area contributed by atoms with Gasteiger partial charge < -0.3 is 25.9 Å². The van der Waals surface area contributed by atoms with Crippen molar-refractivity contribution in [1.82, 2.24) is 40.7 Å². The molecule has 3 aromatic carbocycles. The molecule has 56 heavy (non-hydrogen) atoms. The number of hydrogen-bond donors (Lipinski definition) is 4. The number of rotatable bonds is 12. The van der Waals surface area contributed by atoms with Gasteiger partial charge in [0.25, 0.3) is 11.8 Å². The fourth-order valence-corrected chi connectivity index (χ4v) is 8.79. The van der Waals surface area contributed by atoms with Gasteiger partial charge in [0.05, 0.1) is 6.54 Å². The lowest BCUT2D eigenvalue weighted by Crippen LogP contribution is -2.71. The molecule has 3 aliphatic rings. The number of β-lactam (4-membered cyclic amide) rings is 1. The van der Waals surface area contributed by atoms with Gasteiger partial charge in [-0.15, -0.1) is 33.3 Å². The van der Waals surface area contributed by atoms with Crippen LogP contribution in [0.5, 0.6) is 0 Å². The van der Waals surface area contributed by atoms with Gasteiger partial charge in [-0.25, -0.2) is 9.78 Å². The first-order valence-corrected chi connectivity index (χ1v) is 19.3. The molecule has 2 atom stereocenters. The van der Waals surface area contributed by atoms with E-state index in [2.05, 4.69) is 36.1 Å². The molecule has 0 aliphatic carbocycles. The van der Waals surface area contributed by atoms with Crippen LogP contribution in [0.2, 0.25) is 0 Å². The van der Waals surface area contributed by atoms with E-state index in [-0.39, 0.29) is 40.4 Å². The fraction of sp³-hybridized carbons (Fsp3) is 0.184. The van der Waals surface area contributed by atoms with Gasteiger partial charge in [0, 0.05) is 39.9 Å². The quantitative estimate of drug-likeness (QED) is 0.0471. The van der Waals surface area contributed by atoms with Crippen LogP contribution in [-0.4, -0.2) is 93.6 Å². The van der Waals surface area contributed by atoms with Crippen LogP contribution in [0.4, 0.5) is 5.13 Å². The number of nitrogen functional groups attached to an aromatic ring is 1. The number of allylic oxidation sites excluding steroid dienone is 1. The minimum atomic E-state index is -1.33. The van der Waals surface area contributed by atoms with Gasteiger partial charge in [-0.3, -0.25) is 19.3 Å². The van der Waals surface area contributed by atoms with Crippen LogP contribution >= 0.6 is 23.1 Å². The molecule has 0 saturated carbocycles. The monoisotopic (exact) mass is 788 g/mol. The molecule has 0 bridgehead atoms. The molecule has 8 rings (SSSR count).